The van der Waals surface area contributed by atoms with E-state index in [4.69, 9.17) is 20.2 Å². The quantitative estimate of drug-likeness (QED) is 0.790. The molecule has 6 heteroatoms. The summed E-state index contributed by atoms with van der Waals surface area (Å²) >= 11 is 0. The maximum absolute atomic E-state index is 13.5. The molecular formula is C24H27N3O3. The van der Waals surface area contributed by atoms with Crippen molar-refractivity contribution in [2.45, 2.75) is 44.2 Å². The highest BCUT2D eigenvalue weighted by atomic mass is 16.5. The lowest BCUT2D eigenvalue weighted by atomic mass is 9.73. The third-order valence-corrected chi connectivity index (χ3v) is 6.84. The van der Waals surface area contributed by atoms with Gasteiger partial charge >= 0.3 is 0 Å². The van der Waals surface area contributed by atoms with E-state index in [1.807, 2.05) is 6.07 Å². The Kier molecular flexibility index (Phi) is 4.19. The van der Waals surface area contributed by atoms with Crippen molar-refractivity contribution >= 4 is 11.9 Å². The van der Waals surface area contributed by atoms with Crippen LogP contribution in [0.3, 0.4) is 0 Å². The number of fused-ring (bicyclic) bond motifs is 2. The number of carbonyl (C=O) groups is 1. The number of ether oxygens (including phenoxy) is 2. The summed E-state index contributed by atoms with van der Waals surface area (Å²) < 4.78 is 12.3. The van der Waals surface area contributed by atoms with Crippen LogP contribution in [0.5, 0.6) is 5.75 Å². The van der Waals surface area contributed by atoms with Gasteiger partial charge in [-0.25, -0.2) is 4.99 Å². The molecule has 2 atom stereocenters. The van der Waals surface area contributed by atoms with Gasteiger partial charge in [-0.3, -0.25) is 9.69 Å². The van der Waals surface area contributed by atoms with Gasteiger partial charge in [0.05, 0.1) is 6.61 Å². The Bertz CT molecular complexity index is 1070. The monoisotopic (exact) mass is 405 g/mol. The van der Waals surface area contributed by atoms with E-state index in [2.05, 4.69) is 44.2 Å². The number of guanidine groups is 1. The Morgan fingerprint density at radius 1 is 1.20 bits per heavy atom. The van der Waals surface area contributed by atoms with E-state index in [0.29, 0.717) is 18.8 Å². The number of likely N-dealkylation sites (N-methyl/N-ethyl adjacent to an activating group) is 1. The summed E-state index contributed by atoms with van der Waals surface area (Å²) in [6.07, 6.45) is 2.17. The van der Waals surface area contributed by atoms with Crippen LogP contribution in [0.15, 0.2) is 41.4 Å². The van der Waals surface area contributed by atoms with Crippen LogP contribution < -0.4 is 10.5 Å². The van der Waals surface area contributed by atoms with Crippen LogP contribution in [-0.4, -0.2) is 42.6 Å². The first-order valence-electron chi connectivity index (χ1n) is 10.5. The minimum atomic E-state index is -1.07. The van der Waals surface area contributed by atoms with E-state index in [0.717, 1.165) is 36.1 Å². The van der Waals surface area contributed by atoms with Gasteiger partial charge in [0.15, 0.2) is 11.5 Å². The van der Waals surface area contributed by atoms with E-state index in [1.165, 1.54) is 16.0 Å². The van der Waals surface area contributed by atoms with E-state index >= 15 is 0 Å². The van der Waals surface area contributed by atoms with Crippen LogP contribution >= 0.6 is 0 Å². The largest absolute Gasteiger partial charge is 0.484 e. The Hall–Kier alpha value is -2.86. The van der Waals surface area contributed by atoms with Crippen LogP contribution in [0.25, 0.3) is 11.1 Å². The molecule has 2 unspecified atom stereocenters. The van der Waals surface area contributed by atoms with Crippen molar-refractivity contribution in [1.29, 1.82) is 0 Å². The summed E-state index contributed by atoms with van der Waals surface area (Å²) in [5.74, 6) is 0.838. The van der Waals surface area contributed by atoms with Crippen molar-refractivity contribution in [3.05, 3.63) is 53.1 Å². The Morgan fingerprint density at radius 2 is 2.03 bits per heavy atom. The van der Waals surface area contributed by atoms with Crippen molar-refractivity contribution in [2.75, 3.05) is 20.3 Å². The number of hydrogen-bond acceptors (Lipinski definition) is 5. The van der Waals surface area contributed by atoms with Crippen LogP contribution in [0.1, 0.15) is 36.0 Å². The molecule has 5 rings (SSSR count). The fourth-order valence-electron chi connectivity index (χ4n) is 5.04. The first-order chi connectivity index (χ1) is 14.4. The number of carbonyl (C=O) groups excluding carboxylic acids is 1. The zero-order valence-electron chi connectivity index (χ0n) is 17.7. The predicted octanol–water partition coefficient (Wildman–Crippen LogP) is 3.28. The van der Waals surface area contributed by atoms with Gasteiger partial charge in [-0.05, 0) is 61.1 Å². The summed E-state index contributed by atoms with van der Waals surface area (Å²) in [6, 6.07) is 12.4. The molecule has 2 spiro atoms. The molecule has 2 aromatic carbocycles. The fourth-order valence-corrected chi connectivity index (χ4v) is 5.04. The summed E-state index contributed by atoms with van der Waals surface area (Å²) in [6.45, 7) is 5.40. The number of aryl methyl sites for hydroxylation is 1. The Morgan fingerprint density at radius 3 is 2.73 bits per heavy atom. The zero-order chi connectivity index (χ0) is 21.1. The van der Waals surface area contributed by atoms with Crippen LogP contribution in [0.4, 0.5) is 0 Å². The number of amides is 1. The maximum Gasteiger partial charge on any atom is 0.261 e. The van der Waals surface area contributed by atoms with Gasteiger partial charge in [-0.15, -0.1) is 0 Å². The van der Waals surface area contributed by atoms with Gasteiger partial charge in [-0.1, -0.05) is 24.3 Å². The highest BCUT2D eigenvalue weighted by Crippen LogP contribution is 2.52. The van der Waals surface area contributed by atoms with Crippen molar-refractivity contribution in [1.82, 2.24) is 4.90 Å². The molecule has 2 aromatic rings. The second-order valence-electron chi connectivity index (χ2n) is 8.77. The van der Waals surface area contributed by atoms with Crippen molar-refractivity contribution in [3.8, 4) is 16.9 Å². The second-order valence-corrected chi connectivity index (χ2v) is 8.77. The molecule has 0 aromatic heterocycles. The van der Waals surface area contributed by atoms with Gasteiger partial charge in [0.25, 0.3) is 5.91 Å². The first-order valence-corrected chi connectivity index (χ1v) is 10.5. The standard InChI is InChI=1S/C24H27N3O3/c1-15-6-4-7-18(16(15)2)17-8-9-20-19(12-17)24(21(28)27(3)22(25)26-24)13-23(30-20)10-5-11-29-14-23/h4,6-9,12H,5,10-11,13-14H2,1-3H3,(H2,25,26). The minimum absolute atomic E-state index is 0.104. The summed E-state index contributed by atoms with van der Waals surface area (Å²) in [5.41, 5.74) is 9.92. The molecule has 0 saturated carbocycles. The lowest BCUT2D eigenvalue weighted by Crippen LogP contribution is -2.55. The van der Waals surface area contributed by atoms with Gasteiger partial charge in [0, 0.05) is 25.6 Å². The molecule has 6 nitrogen and oxygen atoms in total. The molecule has 1 saturated heterocycles. The molecule has 1 fully saturated rings. The number of nitrogens with zero attached hydrogens (tertiary/aromatic N) is 2. The molecule has 3 aliphatic heterocycles. The number of benzene rings is 2. The van der Waals surface area contributed by atoms with Crippen LogP contribution in [-0.2, 0) is 15.1 Å². The third-order valence-electron chi connectivity index (χ3n) is 6.84. The number of rotatable bonds is 1. The van der Waals surface area contributed by atoms with Gasteiger partial charge in [-0.2, -0.15) is 0 Å². The average molecular weight is 405 g/mol. The van der Waals surface area contributed by atoms with E-state index in [1.54, 1.807) is 7.05 Å². The van der Waals surface area contributed by atoms with Crippen LogP contribution in [0, 0.1) is 13.8 Å². The predicted molar refractivity (Wildman–Crippen MR) is 115 cm³/mol. The number of nitrogens with two attached hydrogens (primary N) is 1. The molecule has 0 bridgehead atoms. The average Bonchev–Trinajstić information content (AvgIpc) is 2.94. The number of hydrogen-bond donors (Lipinski definition) is 1. The summed E-state index contributed by atoms with van der Waals surface area (Å²) in [4.78, 5) is 19.7. The highest BCUT2D eigenvalue weighted by molar-refractivity contribution is 6.07. The lowest BCUT2D eigenvalue weighted by Gasteiger charge is -2.46. The van der Waals surface area contributed by atoms with E-state index in [9.17, 15) is 4.79 Å². The first kappa shape index (κ1) is 19.1. The van der Waals surface area contributed by atoms with Crippen molar-refractivity contribution < 1.29 is 14.3 Å². The number of aliphatic imine (C=N–C) groups is 1. The van der Waals surface area contributed by atoms with Crippen molar-refractivity contribution in [3.63, 3.8) is 0 Å². The summed E-state index contributed by atoms with van der Waals surface area (Å²) in [7, 11) is 1.68. The smallest absolute Gasteiger partial charge is 0.261 e. The second kappa shape index (κ2) is 6.57. The molecular weight excluding hydrogens is 378 g/mol. The van der Waals surface area contributed by atoms with Crippen LogP contribution in [0.2, 0.25) is 0 Å². The van der Waals surface area contributed by atoms with Gasteiger partial charge in [0.1, 0.15) is 11.4 Å². The lowest BCUT2D eigenvalue weighted by molar-refractivity contribution is -0.139. The zero-order valence-corrected chi connectivity index (χ0v) is 17.7. The minimum Gasteiger partial charge on any atom is -0.484 e. The van der Waals surface area contributed by atoms with E-state index in [-0.39, 0.29) is 11.9 Å². The molecule has 0 aliphatic carbocycles. The van der Waals surface area contributed by atoms with Gasteiger partial charge < -0.3 is 15.2 Å². The normalized spacial score (nSPS) is 27.9. The van der Waals surface area contributed by atoms with Gasteiger partial charge in [0.2, 0.25) is 0 Å². The third kappa shape index (κ3) is 2.67. The molecule has 2 N–H and O–H groups in total. The highest BCUT2D eigenvalue weighted by Gasteiger charge is 2.58. The topological polar surface area (TPSA) is 77.2 Å². The fraction of sp³-hybridized carbons (Fsp3) is 0.417. The Balaban J connectivity index is 1.70. The molecule has 1 amide bonds. The Labute approximate surface area is 176 Å². The molecule has 3 heterocycles. The SMILES string of the molecule is Cc1cccc(-c2ccc3c(c2)C2(CC4(CCCOC4)O3)N=C(N)N(C)C2=O)c1C. The van der Waals surface area contributed by atoms with Crippen molar-refractivity contribution in [2.24, 2.45) is 10.7 Å². The molecule has 0 radical (unpaired) electrons. The molecule has 3 aliphatic rings. The molecule has 156 valence electrons. The van der Waals surface area contributed by atoms with E-state index < -0.39 is 11.1 Å². The maximum atomic E-state index is 13.5. The summed E-state index contributed by atoms with van der Waals surface area (Å²) in [5, 5.41) is 0. The molecule has 30 heavy (non-hydrogen) atoms.